The lowest BCUT2D eigenvalue weighted by atomic mass is 9.47. The molecule has 0 heterocycles. The van der Waals surface area contributed by atoms with E-state index in [1.807, 2.05) is 6.08 Å². The maximum absolute atomic E-state index is 11.8. The van der Waals surface area contributed by atoms with Gasteiger partial charge in [-0.2, -0.15) is 0 Å². The number of hydrogen-bond acceptors (Lipinski definition) is 2. The van der Waals surface area contributed by atoms with Gasteiger partial charge in [-0.05, 0) is 85.5 Å². The first-order valence-electron chi connectivity index (χ1n) is 9.34. The van der Waals surface area contributed by atoms with E-state index in [4.69, 9.17) is 0 Å². The van der Waals surface area contributed by atoms with Gasteiger partial charge < -0.3 is 5.11 Å². The van der Waals surface area contributed by atoms with Crippen LogP contribution in [0.2, 0.25) is 0 Å². The van der Waals surface area contributed by atoms with E-state index in [0.29, 0.717) is 23.7 Å². The molecule has 0 saturated heterocycles. The van der Waals surface area contributed by atoms with Gasteiger partial charge in [0.15, 0.2) is 5.78 Å². The second kappa shape index (κ2) is 4.93. The highest BCUT2D eigenvalue weighted by Crippen LogP contribution is 2.66. The molecule has 4 rings (SSSR count). The molecule has 0 spiro atoms. The average Bonchev–Trinajstić information content (AvgIpc) is 2.84. The van der Waals surface area contributed by atoms with Crippen LogP contribution in [0.4, 0.5) is 0 Å². The van der Waals surface area contributed by atoms with E-state index in [1.54, 1.807) is 0 Å². The number of rotatable bonds is 1. The molecule has 0 amide bonds. The lowest BCUT2D eigenvalue weighted by Gasteiger charge is -2.58. The van der Waals surface area contributed by atoms with Crippen LogP contribution in [0.15, 0.2) is 11.6 Å². The van der Waals surface area contributed by atoms with Gasteiger partial charge in [0.1, 0.15) is 0 Å². The SMILES string of the molecule is C[C@]12CC[C@@H]3[C@H](CCC4=CC(=O)CC[C@]43C)[C@H]1CC[C@H]2CO. The highest BCUT2D eigenvalue weighted by molar-refractivity contribution is 5.91. The Morgan fingerprint density at radius 2 is 1.91 bits per heavy atom. The molecule has 2 heteroatoms. The number of aliphatic hydroxyl groups is 1. The molecule has 0 aromatic carbocycles. The van der Waals surface area contributed by atoms with Crippen LogP contribution in [0.25, 0.3) is 0 Å². The van der Waals surface area contributed by atoms with Crippen molar-refractivity contribution in [3.05, 3.63) is 11.6 Å². The van der Waals surface area contributed by atoms with Crippen LogP contribution in [-0.2, 0) is 4.79 Å². The highest BCUT2D eigenvalue weighted by Gasteiger charge is 2.58. The van der Waals surface area contributed by atoms with Gasteiger partial charge in [0.2, 0.25) is 0 Å². The topological polar surface area (TPSA) is 37.3 Å². The summed E-state index contributed by atoms with van der Waals surface area (Å²) in [6.45, 7) is 5.28. The molecule has 122 valence electrons. The van der Waals surface area contributed by atoms with E-state index in [9.17, 15) is 9.90 Å². The van der Waals surface area contributed by atoms with Crippen molar-refractivity contribution in [2.24, 2.45) is 34.5 Å². The van der Waals surface area contributed by atoms with Crippen molar-refractivity contribution < 1.29 is 9.90 Å². The van der Waals surface area contributed by atoms with Crippen LogP contribution >= 0.6 is 0 Å². The standard InChI is InChI=1S/C20H30O2/c1-19-9-7-15(22)11-13(19)3-5-16-17-6-4-14(12-21)20(17,2)10-8-18(16)19/h11,14,16-18,21H,3-10,12H2,1-2H3/t14-,16+,17+,18+,19+,20+/m0/s1. The number of carbonyl (C=O) groups excluding carboxylic acids is 1. The molecule has 4 aliphatic rings. The summed E-state index contributed by atoms with van der Waals surface area (Å²) in [7, 11) is 0. The number of ketones is 1. The Balaban J connectivity index is 1.67. The van der Waals surface area contributed by atoms with Gasteiger partial charge in [0, 0.05) is 13.0 Å². The third-order valence-corrected chi connectivity index (χ3v) is 8.38. The summed E-state index contributed by atoms with van der Waals surface area (Å²) in [5, 5.41) is 9.79. The summed E-state index contributed by atoms with van der Waals surface area (Å²) in [4.78, 5) is 11.8. The van der Waals surface area contributed by atoms with Crippen LogP contribution in [0.5, 0.6) is 0 Å². The first-order valence-corrected chi connectivity index (χ1v) is 9.34. The molecular formula is C20H30O2. The van der Waals surface area contributed by atoms with E-state index >= 15 is 0 Å². The van der Waals surface area contributed by atoms with E-state index < -0.39 is 0 Å². The lowest BCUT2D eigenvalue weighted by molar-refractivity contribution is -0.117. The fraction of sp³-hybridized carbons (Fsp3) is 0.850. The van der Waals surface area contributed by atoms with Gasteiger partial charge in [-0.1, -0.05) is 19.4 Å². The smallest absolute Gasteiger partial charge is 0.155 e. The molecule has 0 aromatic rings. The predicted molar refractivity (Wildman–Crippen MR) is 87.3 cm³/mol. The van der Waals surface area contributed by atoms with E-state index in [1.165, 1.54) is 37.7 Å². The zero-order valence-corrected chi connectivity index (χ0v) is 14.1. The van der Waals surface area contributed by atoms with Crippen molar-refractivity contribution in [1.29, 1.82) is 0 Å². The molecular weight excluding hydrogens is 272 g/mol. The number of allylic oxidation sites excluding steroid dienone is 1. The summed E-state index contributed by atoms with van der Waals surface area (Å²) >= 11 is 0. The Kier molecular flexibility index (Phi) is 3.35. The summed E-state index contributed by atoms with van der Waals surface area (Å²) in [5.41, 5.74) is 2.12. The second-order valence-corrected chi connectivity index (χ2v) is 8.97. The first kappa shape index (κ1) is 14.9. The minimum atomic E-state index is 0.287. The Morgan fingerprint density at radius 1 is 1.09 bits per heavy atom. The Morgan fingerprint density at radius 3 is 2.68 bits per heavy atom. The minimum absolute atomic E-state index is 0.287. The summed E-state index contributed by atoms with van der Waals surface area (Å²) in [6.07, 6.45) is 11.4. The molecule has 6 atom stereocenters. The van der Waals surface area contributed by atoms with Gasteiger partial charge in [-0.25, -0.2) is 0 Å². The van der Waals surface area contributed by atoms with Crippen molar-refractivity contribution in [3.63, 3.8) is 0 Å². The minimum Gasteiger partial charge on any atom is -0.396 e. The third-order valence-electron chi connectivity index (χ3n) is 8.38. The molecule has 1 N–H and O–H groups in total. The maximum atomic E-state index is 11.8. The average molecular weight is 302 g/mol. The largest absolute Gasteiger partial charge is 0.396 e. The summed E-state index contributed by atoms with van der Waals surface area (Å²) in [6, 6.07) is 0. The quantitative estimate of drug-likeness (QED) is 0.791. The Labute approximate surface area is 134 Å². The highest BCUT2D eigenvalue weighted by atomic mass is 16.3. The van der Waals surface area contributed by atoms with Crippen LogP contribution in [-0.4, -0.2) is 17.5 Å². The number of aliphatic hydroxyl groups excluding tert-OH is 1. The molecule has 3 saturated carbocycles. The number of fused-ring (bicyclic) bond motifs is 5. The Hall–Kier alpha value is -0.630. The first-order chi connectivity index (χ1) is 10.5. The molecule has 4 aliphatic carbocycles. The molecule has 22 heavy (non-hydrogen) atoms. The van der Waals surface area contributed by atoms with Crippen molar-refractivity contribution in [2.45, 2.75) is 65.2 Å². The van der Waals surface area contributed by atoms with Gasteiger partial charge in [0.05, 0.1) is 0 Å². The van der Waals surface area contributed by atoms with Crippen molar-refractivity contribution in [2.75, 3.05) is 6.61 Å². The zero-order valence-electron chi connectivity index (χ0n) is 14.1. The molecule has 0 unspecified atom stereocenters. The second-order valence-electron chi connectivity index (χ2n) is 8.97. The summed E-state index contributed by atoms with van der Waals surface area (Å²) < 4.78 is 0. The zero-order chi connectivity index (χ0) is 15.5. The van der Waals surface area contributed by atoms with Crippen molar-refractivity contribution in [3.8, 4) is 0 Å². The maximum Gasteiger partial charge on any atom is 0.155 e. The number of hydrogen-bond donors (Lipinski definition) is 1. The van der Waals surface area contributed by atoms with Crippen LogP contribution in [0.1, 0.15) is 65.2 Å². The fourth-order valence-electron chi connectivity index (χ4n) is 6.97. The van der Waals surface area contributed by atoms with Crippen molar-refractivity contribution >= 4 is 5.78 Å². The molecule has 2 nitrogen and oxygen atoms in total. The lowest BCUT2D eigenvalue weighted by Crippen LogP contribution is -2.50. The molecule has 3 fully saturated rings. The fourth-order valence-corrected chi connectivity index (χ4v) is 6.97. The van der Waals surface area contributed by atoms with E-state index in [0.717, 1.165) is 37.0 Å². The van der Waals surface area contributed by atoms with Gasteiger partial charge in [-0.3, -0.25) is 4.79 Å². The molecule has 0 bridgehead atoms. The number of carbonyl (C=O) groups is 1. The van der Waals surface area contributed by atoms with Crippen LogP contribution in [0.3, 0.4) is 0 Å². The normalized spacial score (nSPS) is 50.9. The van der Waals surface area contributed by atoms with Gasteiger partial charge >= 0.3 is 0 Å². The van der Waals surface area contributed by atoms with E-state index in [2.05, 4.69) is 13.8 Å². The molecule has 0 aliphatic heterocycles. The van der Waals surface area contributed by atoms with E-state index in [-0.39, 0.29) is 5.41 Å². The monoisotopic (exact) mass is 302 g/mol. The third kappa shape index (κ3) is 1.85. The predicted octanol–water partition coefficient (Wildman–Crippen LogP) is 4.13. The Bertz CT molecular complexity index is 522. The molecule has 0 aromatic heterocycles. The van der Waals surface area contributed by atoms with Gasteiger partial charge in [0.25, 0.3) is 0 Å². The van der Waals surface area contributed by atoms with Crippen molar-refractivity contribution in [1.82, 2.24) is 0 Å². The van der Waals surface area contributed by atoms with Crippen LogP contribution in [0, 0.1) is 34.5 Å². The van der Waals surface area contributed by atoms with Crippen LogP contribution < -0.4 is 0 Å². The van der Waals surface area contributed by atoms with Gasteiger partial charge in [-0.15, -0.1) is 0 Å². The summed E-state index contributed by atoms with van der Waals surface area (Å²) in [5.74, 6) is 3.28. The molecule has 0 radical (unpaired) electrons.